The van der Waals surface area contributed by atoms with Crippen LogP contribution in [0.15, 0.2) is 48.7 Å². The Morgan fingerprint density at radius 2 is 1.75 bits per heavy atom. The number of methoxy groups -OCH3 is 1. The van der Waals surface area contributed by atoms with Gasteiger partial charge in [0, 0.05) is 62.9 Å². The molecule has 1 amide bonds. The molecule has 2 N–H and O–H groups in total. The summed E-state index contributed by atoms with van der Waals surface area (Å²) >= 11 is 13.7. The highest BCUT2D eigenvalue weighted by Gasteiger charge is 2.37. The Hall–Kier alpha value is -4.34. The number of aliphatic hydroxyl groups is 1. The summed E-state index contributed by atoms with van der Waals surface area (Å²) in [6.45, 7) is 3.57. The lowest BCUT2D eigenvalue weighted by Gasteiger charge is -2.35. The number of fused-ring (bicyclic) bond motifs is 1. The van der Waals surface area contributed by atoms with Crippen molar-refractivity contribution in [3.8, 4) is 28.3 Å². The molecule has 11 nitrogen and oxygen atoms in total. The Morgan fingerprint density at radius 1 is 1.04 bits per heavy atom. The lowest BCUT2D eigenvalue weighted by Crippen LogP contribution is -2.50. The number of carbonyl (C=O) groups excluding carboxylic acids is 2. The molecule has 268 valence electrons. The zero-order valence-corrected chi connectivity index (χ0v) is 29.1. The molecular weight excluding hydrogens is 712 g/mol. The number of aromatic nitrogens is 3. The first kappa shape index (κ1) is 36.5. The Balaban J connectivity index is 1.26. The fourth-order valence-electron chi connectivity index (χ4n) is 6.12. The summed E-state index contributed by atoms with van der Waals surface area (Å²) in [6, 6.07) is 10.9. The Labute approximate surface area is 301 Å². The van der Waals surface area contributed by atoms with Crippen LogP contribution in [0.2, 0.25) is 10.0 Å². The van der Waals surface area contributed by atoms with Gasteiger partial charge in [-0.2, -0.15) is 13.2 Å². The first-order chi connectivity index (χ1) is 24.3. The van der Waals surface area contributed by atoms with Crippen LogP contribution in [-0.4, -0.2) is 87.7 Å². The molecule has 4 heterocycles. The number of pyridine rings is 1. The largest absolute Gasteiger partial charge is 0.480 e. The summed E-state index contributed by atoms with van der Waals surface area (Å²) in [7, 11) is 1.49. The highest BCUT2D eigenvalue weighted by molar-refractivity contribution is 6.39. The van der Waals surface area contributed by atoms with Crippen LogP contribution >= 0.6 is 23.2 Å². The standard InChI is InChI=1S/C35H33Cl2F3N6O5/c1-19(47)51-12-11-45-10-9-23-25(35(38,39)40)13-27(42-29(23)17-45)33(49)43-26-8-4-6-22(32(26)37)21-5-3-7-24(31(21)36)28-14-41-30(34(44-28)50-2)18-46-15-20(48)16-46/h3-8,13-14,20,48H,9-12,15-18H2,1-2H3,(H,43,49). The van der Waals surface area contributed by atoms with E-state index in [4.69, 9.17) is 32.7 Å². The molecule has 2 aromatic heterocycles. The van der Waals surface area contributed by atoms with Gasteiger partial charge in [0.1, 0.15) is 18.0 Å². The summed E-state index contributed by atoms with van der Waals surface area (Å²) in [5.74, 6) is -1.02. The van der Waals surface area contributed by atoms with Crippen LogP contribution in [0.4, 0.5) is 18.9 Å². The van der Waals surface area contributed by atoms with Crippen LogP contribution in [0.3, 0.4) is 0 Å². The number of nitrogens with one attached hydrogen (secondary N) is 1. The topological polar surface area (TPSA) is 130 Å². The molecule has 2 aliphatic heterocycles. The Bertz CT molecular complexity index is 1980. The maximum absolute atomic E-state index is 14.2. The van der Waals surface area contributed by atoms with E-state index < -0.39 is 29.3 Å². The van der Waals surface area contributed by atoms with Crippen LogP contribution in [0.1, 0.15) is 39.9 Å². The maximum Gasteiger partial charge on any atom is 0.416 e. The van der Waals surface area contributed by atoms with Gasteiger partial charge in [0.15, 0.2) is 0 Å². The second kappa shape index (κ2) is 15.1. The number of benzene rings is 2. The van der Waals surface area contributed by atoms with Gasteiger partial charge in [-0.1, -0.05) is 53.5 Å². The number of hydrogen-bond donors (Lipinski definition) is 2. The van der Waals surface area contributed by atoms with Crippen molar-refractivity contribution >= 4 is 40.8 Å². The summed E-state index contributed by atoms with van der Waals surface area (Å²) in [5.41, 5.74) is 1.50. The molecule has 1 fully saturated rings. The fourth-order valence-corrected chi connectivity index (χ4v) is 6.72. The summed E-state index contributed by atoms with van der Waals surface area (Å²) in [6.07, 6.45) is -3.42. The third-order valence-corrected chi connectivity index (χ3v) is 9.45. The van der Waals surface area contributed by atoms with Gasteiger partial charge in [-0.15, -0.1) is 0 Å². The molecular formula is C35H33Cl2F3N6O5. The van der Waals surface area contributed by atoms with Crippen LogP contribution in [0.25, 0.3) is 22.4 Å². The predicted octanol–water partition coefficient (Wildman–Crippen LogP) is 5.89. The van der Waals surface area contributed by atoms with E-state index in [0.717, 1.165) is 6.07 Å². The first-order valence-electron chi connectivity index (χ1n) is 16.0. The van der Waals surface area contributed by atoms with Gasteiger partial charge < -0.3 is 19.9 Å². The third-order valence-electron chi connectivity index (χ3n) is 8.64. The smallest absolute Gasteiger partial charge is 0.416 e. The van der Waals surface area contributed by atoms with E-state index in [1.165, 1.54) is 20.1 Å². The molecule has 0 saturated carbocycles. The summed E-state index contributed by atoms with van der Waals surface area (Å²) < 4.78 is 53.0. The number of carbonyl (C=O) groups is 2. The van der Waals surface area contributed by atoms with E-state index in [2.05, 4.69) is 20.3 Å². The number of β-amino-alcohol motifs (C(OH)–C–C–N with tert-alkyl or cyclic N) is 1. The van der Waals surface area contributed by atoms with E-state index in [9.17, 15) is 27.9 Å². The summed E-state index contributed by atoms with van der Waals surface area (Å²) in [5, 5.41) is 12.6. The molecule has 0 unspecified atom stereocenters. The Morgan fingerprint density at radius 3 is 2.43 bits per heavy atom. The lowest BCUT2D eigenvalue weighted by atomic mass is 9.97. The zero-order chi connectivity index (χ0) is 36.4. The van der Waals surface area contributed by atoms with Gasteiger partial charge in [0.25, 0.3) is 5.91 Å². The quantitative estimate of drug-likeness (QED) is 0.190. The van der Waals surface area contributed by atoms with Gasteiger partial charge in [0.2, 0.25) is 5.88 Å². The van der Waals surface area contributed by atoms with E-state index >= 15 is 0 Å². The number of anilines is 1. The molecule has 2 aromatic carbocycles. The van der Waals surface area contributed by atoms with Crippen molar-refractivity contribution in [2.75, 3.05) is 45.2 Å². The molecule has 1 saturated heterocycles. The molecule has 0 aliphatic carbocycles. The van der Waals surface area contributed by atoms with Gasteiger partial charge in [-0.3, -0.25) is 24.4 Å². The van der Waals surface area contributed by atoms with Crippen molar-refractivity contribution in [2.24, 2.45) is 0 Å². The van der Waals surface area contributed by atoms with Gasteiger partial charge >= 0.3 is 12.1 Å². The second-order valence-electron chi connectivity index (χ2n) is 12.2. The van der Waals surface area contributed by atoms with Crippen LogP contribution in [0.5, 0.6) is 5.88 Å². The van der Waals surface area contributed by atoms with Gasteiger partial charge in [-0.05, 0) is 24.1 Å². The zero-order valence-electron chi connectivity index (χ0n) is 27.6. The minimum absolute atomic E-state index is 0.0327. The van der Waals surface area contributed by atoms with Crippen molar-refractivity contribution in [3.05, 3.63) is 86.9 Å². The molecule has 0 spiro atoms. The number of alkyl halides is 3. The molecule has 0 bridgehead atoms. The third kappa shape index (κ3) is 8.10. The maximum atomic E-state index is 14.2. The normalized spacial score (nSPS) is 15.2. The van der Waals surface area contributed by atoms with Crippen molar-refractivity contribution in [1.29, 1.82) is 0 Å². The fraction of sp³-hybridized carbons (Fsp3) is 0.343. The SMILES string of the molecule is COc1nc(-c2cccc(-c3cccc(NC(=O)c4cc(C(F)(F)F)c5c(n4)CN(CCOC(C)=O)CC5)c3Cl)c2Cl)cnc1CN1CC(O)C1. The van der Waals surface area contributed by atoms with Crippen molar-refractivity contribution in [3.63, 3.8) is 0 Å². The summed E-state index contributed by atoms with van der Waals surface area (Å²) in [4.78, 5) is 41.9. The van der Waals surface area contributed by atoms with E-state index in [0.29, 0.717) is 71.7 Å². The highest BCUT2D eigenvalue weighted by atomic mass is 35.5. The van der Waals surface area contributed by atoms with Crippen molar-refractivity contribution in [2.45, 2.75) is 38.7 Å². The number of likely N-dealkylation sites (tertiary alicyclic amines) is 1. The number of nitrogens with zero attached hydrogens (tertiary/aromatic N) is 5. The van der Waals surface area contributed by atoms with Crippen LogP contribution in [0, 0.1) is 0 Å². The average molecular weight is 746 g/mol. The number of ether oxygens (including phenoxy) is 2. The molecule has 2 aliphatic rings. The van der Waals surface area contributed by atoms with Gasteiger partial charge in [-0.25, -0.2) is 9.97 Å². The van der Waals surface area contributed by atoms with E-state index in [1.807, 2.05) is 9.80 Å². The molecule has 4 aromatic rings. The van der Waals surface area contributed by atoms with Crippen LogP contribution in [-0.2, 0) is 35.2 Å². The van der Waals surface area contributed by atoms with E-state index in [1.54, 1.807) is 36.5 Å². The molecule has 0 atom stereocenters. The van der Waals surface area contributed by atoms with Crippen molar-refractivity contribution in [1.82, 2.24) is 24.8 Å². The molecule has 51 heavy (non-hydrogen) atoms. The highest BCUT2D eigenvalue weighted by Crippen LogP contribution is 2.42. The molecule has 6 rings (SSSR count). The minimum Gasteiger partial charge on any atom is -0.480 e. The number of hydrogen-bond acceptors (Lipinski definition) is 10. The number of rotatable bonds is 10. The van der Waals surface area contributed by atoms with Crippen molar-refractivity contribution < 1.29 is 37.3 Å². The van der Waals surface area contributed by atoms with Crippen LogP contribution < -0.4 is 10.1 Å². The lowest BCUT2D eigenvalue weighted by molar-refractivity contribution is -0.142. The van der Waals surface area contributed by atoms with Gasteiger partial charge in [0.05, 0.1) is 52.1 Å². The molecule has 16 heteroatoms. The number of aliphatic hydroxyl groups excluding tert-OH is 1. The predicted molar refractivity (Wildman–Crippen MR) is 184 cm³/mol. The first-order valence-corrected chi connectivity index (χ1v) is 16.7. The second-order valence-corrected chi connectivity index (χ2v) is 12.9. The average Bonchev–Trinajstić information content (AvgIpc) is 3.07. The number of esters is 1. The Kier molecular flexibility index (Phi) is 10.8. The van der Waals surface area contributed by atoms with E-state index in [-0.39, 0.29) is 47.6 Å². The molecule has 0 radical (unpaired) electrons. The number of amides is 1. The monoisotopic (exact) mass is 744 g/mol. The number of halogens is 5. The minimum atomic E-state index is -4.71.